The second-order valence-electron chi connectivity index (χ2n) is 5.58. The van der Waals surface area contributed by atoms with E-state index in [4.69, 9.17) is 4.42 Å². The summed E-state index contributed by atoms with van der Waals surface area (Å²) in [6, 6.07) is 10.6. The van der Waals surface area contributed by atoms with Crippen LogP contribution in [0.25, 0.3) is 10.8 Å². The molecule has 0 fully saturated rings. The fraction of sp³-hybridized carbons (Fsp3) is 0.176. The van der Waals surface area contributed by atoms with Gasteiger partial charge in [-0.2, -0.15) is 8.78 Å². The minimum absolute atomic E-state index is 0.0809. The van der Waals surface area contributed by atoms with Gasteiger partial charge in [0.15, 0.2) is 4.34 Å². The molecule has 3 aromatic heterocycles. The van der Waals surface area contributed by atoms with Crippen molar-refractivity contribution in [3.05, 3.63) is 47.7 Å². The highest BCUT2D eigenvalue weighted by Crippen LogP contribution is 2.38. The number of anilines is 2. The number of benzene rings is 1. The Kier molecular flexibility index (Phi) is 6.43. The Morgan fingerprint density at radius 3 is 2.59 bits per heavy atom. The molecule has 1 atom stereocenters. The minimum Gasteiger partial charge on any atom is -0.419 e. The number of rotatable bonds is 8. The first-order valence-electron chi connectivity index (χ1n) is 8.26. The van der Waals surface area contributed by atoms with Crippen LogP contribution in [0.3, 0.4) is 0 Å². The van der Waals surface area contributed by atoms with E-state index in [1.54, 1.807) is 35.6 Å². The Labute approximate surface area is 181 Å². The molecular formula is C17H13F2N5OS4. The number of hydrogen-bond acceptors (Lipinski definition) is 10. The monoisotopic (exact) mass is 469 g/mol. The van der Waals surface area contributed by atoms with Crippen molar-refractivity contribution in [1.29, 1.82) is 0 Å². The molecule has 150 valence electrons. The number of alkyl halides is 2. The van der Waals surface area contributed by atoms with Crippen LogP contribution >= 0.6 is 46.2 Å². The molecule has 6 nitrogen and oxygen atoms in total. The molecule has 1 N–H and O–H groups in total. The van der Waals surface area contributed by atoms with Crippen molar-refractivity contribution in [3.8, 4) is 10.8 Å². The van der Waals surface area contributed by atoms with E-state index in [1.165, 1.54) is 23.1 Å². The van der Waals surface area contributed by atoms with Crippen molar-refractivity contribution in [1.82, 2.24) is 20.4 Å². The molecule has 4 aromatic rings. The largest absolute Gasteiger partial charge is 0.419 e. The van der Waals surface area contributed by atoms with Crippen LogP contribution in [-0.2, 0) is 0 Å². The summed E-state index contributed by atoms with van der Waals surface area (Å²) in [6.07, 6.45) is 0. The van der Waals surface area contributed by atoms with Crippen molar-refractivity contribution in [3.63, 3.8) is 0 Å². The zero-order valence-electron chi connectivity index (χ0n) is 14.8. The van der Waals surface area contributed by atoms with Gasteiger partial charge in [0.05, 0.1) is 10.1 Å². The summed E-state index contributed by atoms with van der Waals surface area (Å²) in [5.74, 6) is -1.40. The predicted octanol–water partition coefficient (Wildman–Crippen LogP) is 6.56. The van der Waals surface area contributed by atoms with Crippen LogP contribution in [0.15, 0.2) is 55.4 Å². The van der Waals surface area contributed by atoms with Gasteiger partial charge >= 0.3 is 0 Å². The van der Waals surface area contributed by atoms with Crippen LogP contribution in [0.4, 0.5) is 19.6 Å². The van der Waals surface area contributed by atoms with Crippen LogP contribution < -0.4 is 5.32 Å². The molecule has 0 amide bonds. The van der Waals surface area contributed by atoms with Crippen LogP contribution in [0.1, 0.15) is 18.1 Å². The van der Waals surface area contributed by atoms with Gasteiger partial charge in [0.2, 0.25) is 11.0 Å². The van der Waals surface area contributed by atoms with Gasteiger partial charge < -0.3 is 9.73 Å². The van der Waals surface area contributed by atoms with E-state index in [1.807, 2.05) is 24.4 Å². The van der Waals surface area contributed by atoms with Gasteiger partial charge in [-0.15, -0.1) is 31.7 Å². The fourth-order valence-corrected chi connectivity index (χ4v) is 5.34. The zero-order chi connectivity index (χ0) is 20.2. The van der Waals surface area contributed by atoms with Crippen molar-refractivity contribution in [2.45, 2.75) is 27.2 Å². The molecule has 0 saturated carbocycles. The summed E-state index contributed by atoms with van der Waals surface area (Å²) in [4.78, 5) is 1.44. The number of thiophene rings is 1. The number of nitrogens with zero attached hydrogens (tertiary/aromatic N) is 4. The molecule has 3 heterocycles. The van der Waals surface area contributed by atoms with E-state index in [-0.39, 0.29) is 5.25 Å². The van der Waals surface area contributed by atoms with Crippen LogP contribution in [0.5, 0.6) is 0 Å². The third kappa shape index (κ3) is 5.32. The Morgan fingerprint density at radius 2 is 1.86 bits per heavy atom. The normalized spacial score (nSPS) is 12.4. The lowest BCUT2D eigenvalue weighted by molar-refractivity contribution is 0.252. The van der Waals surface area contributed by atoms with Crippen LogP contribution in [-0.4, -0.2) is 26.2 Å². The third-order valence-electron chi connectivity index (χ3n) is 3.54. The highest BCUT2D eigenvalue weighted by atomic mass is 32.2. The maximum atomic E-state index is 12.4. The molecule has 0 saturated heterocycles. The van der Waals surface area contributed by atoms with Crippen molar-refractivity contribution in [2.24, 2.45) is 0 Å². The topological polar surface area (TPSA) is 76.7 Å². The summed E-state index contributed by atoms with van der Waals surface area (Å²) in [6.45, 7) is 1.96. The Balaban J connectivity index is 1.36. The second kappa shape index (κ2) is 9.20. The Hall–Kier alpha value is -2.02. The van der Waals surface area contributed by atoms with Crippen molar-refractivity contribution < 1.29 is 13.2 Å². The van der Waals surface area contributed by atoms with Gasteiger partial charge in [-0.1, -0.05) is 40.9 Å². The van der Waals surface area contributed by atoms with Gasteiger partial charge in [0, 0.05) is 10.6 Å². The summed E-state index contributed by atoms with van der Waals surface area (Å²) in [7, 11) is 0. The van der Waals surface area contributed by atoms with Gasteiger partial charge in [0.1, 0.15) is 0 Å². The Morgan fingerprint density at radius 1 is 1.03 bits per heavy atom. The van der Waals surface area contributed by atoms with E-state index in [9.17, 15) is 8.78 Å². The lowest BCUT2D eigenvalue weighted by atomic mass is 10.3. The molecule has 0 bridgehead atoms. The van der Waals surface area contributed by atoms with E-state index >= 15 is 0 Å². The summed E-state index contributed by atoms with van der Waals surface area (Å²) in [5.41, 5.74) is 0.752. The smallest absolute Gasteiger partial charge is 0.288 e. The number of aromatic nitrogens is 4. The van der Waals surface area contributed by atoms with Gasteiger partial charge in [0.25, 0.3) is 11.6 Å². The van der Waals surface area contributed by atoms with E-state index in [0.29, 0.717) is 33.6 Å². The molecular weight excluding hydrogens is 456 g/mol. The Bertz CT molecular complexity index is 1050. The molecule has 0 radical (unpaired) electrons. The molecule has 0 aliphatic heterocycles. The lowest BCUT2D eigenvalue weighted by Gasteiger charge is -2.04. The zero-order valence-corrected chi connectivity index (χ0v) is 18.0. The van der Waals surface area contributed by atoms with Gasteiger partial charge in [-0.25, -0.2) is 0 Å². The molecule has 1 aromatic carbocycles. The van der Waals surface area contributed by atoms with Crippen LogP contribution in [0, 0.1) is 0 Å². The lowest BCUT2D eigenvalue weighted by Crippen LogP contribution is -1.89. The van der Waals surface area contributed by atoms with E-state index < -0.39 is 5.76 Å². The standard InChI is InChI=1S/C17H13F2N5OS4/c1-9(13-21-22-14(25-13)12-3-2-8-26-12)27-17-24-23-16(29-17)20-10-4-6-11(7-5-10)28-15(18)19/h2-9,15H,1H3,(H,20,23). The highest BCUT2D eigenvalue weighted by Gasteiger charge is 2.19. The average Bonchev–Trinajstić information content (AvgIpc) is 3.44. The molecule has 4 rings (SSSR count). The maximum Gasteiger partial charge on any atom is 0.288 e. The number of thioether (sulfide) groups is 2. The quantitative estimate of drug-likeness (QED) is 0.291. The summed E-state index contributed by atoms with van der Waals surface area (Å²) >= 11 is 4.92. The molecule has 0 aliphatic carbocycles. The van der Waals surface area contributed by atoms with Gasteiger partial charge in [-0.05, 0) is 42.6 Å². The average molecular weight is 470 g/mol. The first-order valence-corrected chi connectivity index (χ1v) is 11.7. The maximum absolute atomic E-state index is 12.4. The molecule has 12 heteroatoms. The van der Waals surface area contributed by atoms with E-state index in [0.717, 1.165) is 14.9 Å². The summed E-state index contributed by atoms with van der Waals surface area (Å²) < 4.78 is 31.3. The van der Waals surface area contributed by atoms with Crippen molar-refractivity contribution >= 4 is 57.0 Å². The molecule has 29 heavy (non-hydrogen) atoms. The first-order chi connectivity index (χ1) is 14.1. The van der Waals surface area contributed by atoms with Crippen molar-refractivity contribution in [2.75, 3.05) is 5.32 Å². The fourth-order valence-electron chi connectivity index (χ4n) is 2.25. The molecule has 1 unspecified atom stereocenters. The highest BCUT2D eigenvalue weighted by molar-refractivity contribution is 8.01. The number of halogens is 2. The van der Waals surface area contributed by atoms with Crippen LogP contribution in [0.2, 0.25) is 0 Å². The number of nitrogens with one attached hydrogen (secondary N) is 1. The SMILES string of the molecule is CC(Sc1nnc(Nc2ccc(SC(F)F)cc2)s1)c1nnc(-c2cccs2)o1. The molecule has 0 spiro atoms. The predicted molar refractivity (Wildman–Crippen MR) is 113 cm³/mol. The minimum atomic E-state index is -2.43. The second-order valence-corrected chi connectivity index (χ2v) is 10.2. The van der Waals surface area contributed by atoms with Gasteiger partial charge in [-0.3, -0.25) is 0 Å². The van der Waals surface area contributed by atoms with E-state index in [2.05, 4.69) is 25.7 Å². The first kappa shape index (κ1) is 20.3. The molecule has 0 aliphatic rings. The third-order valence-corrected chi connectivity index (χ3v) is 7.13. The number of hydrogen-bond donors (Lipinski definition) is 1. The summed E-state index contributed by atoms with van der Waals surface area (Å²) in [5, 5.41) is 22.1.